The van der Waals surface area contributed by atoms with E-state index in [4.69, 9.17) is 11.6 Å². The number of aromatic nitrogens is 1. The molecule has 4 heteroatoms. The quantitative estimate of drug-likeness (QED) is 0.868. The summed E-state index contributed by atoms with van der Waals surface area (Å²) in [7, 11) is 0. The standard InChI is InChI=1S/C17H16ClN3/c1-12-7-14(10-20-16(12)18)21-15-8-17(9-15,11-19)13-5-3-2-4-6-13/h2-7,10,15,21H,8-9H2,1H3. The van der Waals surface area contributed by atoms with Crippen molar-refractivity contribution >= 4 is 17.3 Å². The predicted octanol–water partition coefficient (Wildman–Crippen LogP) is 4.08. The Hall–Kier alpha value is -2.05. The second-order valence-electron chi connectivity index (χ2n) is 5.64. The number of halogens is 1. The lowest BCUT2D eigenvalue weighted by Crippen LogP contribution is -2.47. The average molecular weight is 298 g/mol. The fourth-order valence-electron chi connectivity index (χ4n) is 2.91. The van der Waals surface area contributed by atoms with Gasteiger partial charge in [-0.2, -0.15) is 5.26 Å². The van der Waals surface area contributed by atoms with Crippen LogP contribution < -0.4 is 5.32 Å². The lowest BCUT2D eigenvalue weighted by Gasteiger charge is -2.43. The van der Waals surface area contributed by atoms with Crippen molar-refractivity contribution in [2.45, 2.75) is 31.2 Å². The minimum Gasteiger partial charge on any atom is -0.381 e. The molecule has 1 aliphatic carbocycles. The van der Waals surface area contributed by atoms with Crippen molar-refractivity contribution in [3.8, 4) is 6.07 Å². The molecule has 1 fully saturated rings. The molecule has 1 aromatic heterocycles. The van der Waals surface area contributed by atoms with E-state index in [1.165, 1.54) is 0 Å². The Bertz CT molecular complexity index is 685. The number of nitrogens with zero attached hydrogens (tertiary/aromatic N) is 2. The van der Waals surface area contributed by atoms with Crippen LogP contribution in [0, 0.1) is 18.3 Å². The molecule has 2 aromatic rings. The molecule has 3 nitrogen and oxygen atoms in total. The van der Waals surface area contributed by atoms with Crippen LogP contribution in [-0.2, 0) is 5.41 Å². The summed E-state index contributed by atoms with van der Waals surface area (Å²) in [6.07, 6.45) is 3.37. The van der Waals surface area contributed by atoms with E-state index in [2.05, 4.69) is 16.4 Å². The molecule has 0 amide bonds. The highest BCUT2D eigenvalue weighted by Crippen LogP contribution is 2.44. The zero-order valence-electron chi connectivity index (χ0n) is 11.8. The zero-order chi connectivity index (χ0) is 14.9. The van der Waals surface area contributed by atoms with Gasteiger partial charge in [0.1, 0.15) is 5.15 Å². The lowest BCUT2D eigenvalue weighted by molar-refractivity contribution is 0.289. The Morgan fingerprint density at radius 1 is 1.33 bits per heavy atom. The van der Waals surface area contributed by atoms with Gasteiger partial charge in [0.15, 0.2) is 0 Å². The van der Waals surface area contributed by atoms with Gasteiger partial charge in [0.05, 0.1) is 23.4 Å². The molecule has 3 rings (SSSR count). The fourth-order valence-corrected chi connectivity index (χ4v) is 3.01. The number of nitrogens with one attached hydrogen (secondary N) is 1. The van der Waals surface area contributed by atoms with E-state index < -0.39 is 0 Å². The number of hydrogen-bond donors (Lipinski definition) is 1. The molecule has 0 spiro atoms. The highest BCUT2D eigenvalue weighted by atomic mass is 35.5. The number of aryl methyl sites for hydroxylation is 1. The molecule has 1 N–H and O–H groups in total. The first kappa shape index (κ1) is 13.9. The Morgan fingerprint density at radius 3 is 2.67 bits per heavy atom. The molecule has 0 saturated heterocycles. The third-order valence-electron chi connectivity index (χ3n) is 4.12. The number of benzene rings is 1. The van der Waals surface area contributed by atoms with Gasteiger partial charge in [-0.3, -0.25) is 0 Å². The molecule has 106 valence electrons. The molecule has 1 heterocycles. The molecule has 0 unspecified atom stereocenters. The van der Waals surface area contributed by atoms with Crippen LogP contribution in [0.3, 0.4) is 0 Å². The minimum atomic E-state index is -0.353. The van der Waals surface area contributed by atoms with Gasteiger partial charge in [-0.1, -0.05) is 41.9 Å². The van der Waals surface area contributed by atoms with E-state index in [0.717, 1.165) is 29.7 Å². The number of nitriles is 1. The number of pyridine rings is 1. The molecular formula is C17H16ClN3. The number of anilines is 1. The van der Waals surface area contributed by atoms with Crippen molar-refractivity contribution in [1.82, 2.24) is 4.98 Å². The van der Waals surface area contributed by atoms with Gasteiger partial charge in [-0.15, -0.1) is 0 Å². The van der Waals surface area contributed by atoms with Gasteiger partial charge in [0.25, 0.3) is 0 Å². The van der Waals surface area contributed by atoms with Crippen LogP contribution in [-0.4, -0.2) is 11.0 Å². The third kappa shape index (κ3) is 2.59. The summed E-state index contributed by atoms with van der Waals surface area (Å²) in [5, 5.41) is 13.5. The van der Waals surface area contributed by atoms with Crippen molar-refractivity contribution in [2.75, 3.05) is 5.32 Å². The van der Waals surface area contributed by atoms with Crippen molar-refractivity contribution in [3.63, 3.8) is 0 Å². The summed E-state index contributed by atoms with van der Waals surface area (Å²) < 4.78 is 0. The van der Waals surface area contributed by atoms with Gasteiger partial charge in [-0.05, 0) is 37.0 Å². The lowest BCUT2D eigenvalue weighted by atomic mass is 9.62. The highest BCUT2D eigenvalue weighted by Gasteiger charge is 2.46. The molecule has 0 bridgehead atoms. The summed E-state index contributed by atoms with van der Waals surface area (Å²) in [6, 6.07) is 14.8. The maximum Gasteiger partial charge on any atom is 0.132 e. The van der Waals surface area contributed by atoms with E-state index in [1.54, 1.807) is 6.20 Å². The third-order valence-corrected chi connectivity index (χ3v) is 4.51. The number of hydrogen-bond acceptors (Lipinski definition) is 3. The minimum absolute atomic E-state index is 0.298. The van der Waals surface area contributed by atoms with Crippen molar-refractivity contribution in [3.05, 3.63) is 58.9 Å². The normalized spacial score (nSPS) is 24.0. The van der Waals surface area contributed by atoms with Crippen LogP contribution >= 0.6 is 11.6 Å². The smallest absolute Gasteiger partial charge is 0.132 e. The summed E-state index contributed by atoms with van der Waals surface area (Å²) in [4.78, 5) is 4.14. The average Bonchev–Trinajstić information content (AvgIpc) is 2.47. The number of rotatable bonds is 3. The van der Waals surface area contributed by atoms with E-state index in [9.17, 15) is 5.26 Å². The highest BCUT2D eigenvalue weighted by molar-refractivity contribution is 6.30. The van der Waals surface area contributed by atoms with E-state index in [1.807, 2.05) is 43.3 Å². The van der Waals surface area contributed by atoms with E-state index >= 15 is 0 Å². The second kappa shape index (κ2) is 5.38. The van der Waals surface area contributed by atoms with Gasteiger partial charge in [0.2, 0.25) is 0 Å². The van der Waals surface area contributed by atoms with Gasteiger partial charge >= 0.3 is 0 Å². The monoisotopic (exact) mass is 297 g/mol. The van der Waals surface area contributed by atoms with Gasteiger partial charge < -0.3 is 5.32 Å². The van der Waals surface area contributed by atoms with Gasteiger partial charge in [0, 0.05) is 6.04 Å². The Kier molecular flexibility index (Phi) is 3.57. The molecule has 1 aliphatic rings. The van der Waals surface area contributed by atoms with Crippen LogP contribution in [0.4, 0.5) is 5.69 Å². The van der Waals surface area contributed by atoms with E-state index in [0.29, 0.717) is 11.2 Å². The maximum atomic E-state index is 9.55. The van der Waals surface area contributed by atoms with Crippen molar-refractivity contribution in [2.24, 2.45) is 0 Å². The molecular weight excluding hydrogens is 282 g/mol. The first-order chi connectivity index (χ1) is 10.1. The Labute approximate surface area is 129 Å². The molecule has 1 aromatic carbocycles. The Balaban J connectivity index is 1.70. The fraction of sp³-hybridized carbons (Fsp3) is 0.294. The van der Waals surface area contributed by atoms with Crippen molar-refractivity contribution < 1.29 is 0 Å². The Morgan fingerprint density at radius 2 is 2.05 bits per heavy atom. The molecule has 0 radical (unpaired) electrons. The van der Waals surface area contributed by atoms with Crippen LogP contribution in [0.2, 0.25) is 5.15 Å². The molecule has 21 heavy (non-hydrogen) atoms. The van der Waals surface area contributed by atoms with Gasteiger partial charge in [-0.25, -0.2) is 4.98 Å². The largest absolute Gasteiger partial charge is 0.381 e. The summed E-state index contributed by atoms with van der Waals surface area (Å²) >= 11 is 5.93. The van der Waals surface area contributed by atoms with Crippen LogP contribution in [0.5, 0.6) is 0 Å². The first-order valence-electron chi connectivity index (χ1n) is 6.98. The topological polar surface area (TPSA) is 48.7 Å². The van der Waals surface area contributed by atoms with E-state index in [-0.39, 0.29) is 5.41 Å². The molecule has 0 atom stereocenters. The zero-order valence-corrected chi connectivity index (χ0v) is 12.6. The summed E-state index contributed by atoms with van der Waals surface area (Å²) in [5.74, 6) is 0. The second-order valence-corrected chi connectivity index (χ2v) is 6.00. The van der Waals surface area contributed by atoms with Crippen molar-refractivity contribution in [1.29, 1.82) is 5.26 Å². The molecule has 1 saturated carbocycles. The van der Waals surface area contributed by atoms with Crippen LogP contribution in [0.1, 0.15) is 24.0 Å². The van der Waals surface area contributed by atoms with Crippen LogP contribution in [0.15, 0.2) is 42.6 Å². The predicted molar refractivity (Wildman–Crippen MR) is 84.4 cm³/mol. The molecule has 0 aliphatic heterocycles. The summed E-state index contributed by atoms with van der Waals surface area (Å²) in [6.45, 7) is 1.94. The summed E-state index contributed by atoms with van der Waals surface area (Å²) in [5.41, 5.74) is 2.67. The first-order valence-corrected chi connectivity index (χ1v) is 7.36. The van der Waals surface area contributed by atoms with Crippen LogP contribution in [0.25, 0.3) is 0 Å². The maximum absolute atomic E-state index is 9.55. The SMILES string of the molecule is Cc1cc(NC2CC(C#N)(c3ccccc3)C2)cnc1Cl.